The molecule has 0 amide bonds. The van der Waals surface area contributed by atoms with E-state index < -0.39 is 8.07 Å². The van der Waals surface area contributed by atoms with Gasteiger partial charge in [-0.2, -0.15) is 0 Å². The average Bonchev–Trinajstić information content (AvgIpc) is 2.88. The summed E-state index contributed by atoms with van der Waals surface area (Å²) in [5, 5.41) is 1.38. The van der Waals surface area contributed by atoms with Crippen LogP contribution in [-0.2, 0) is 14.3 Å². The summed E-state index contributed by atoms with van der Waals surface area (Å²) in [6.07, 6.45) is 1.13. The lowest BCUT2D eigenvalue weighted by Gasteiger charge is -2.35. The molecular formula is C18H28O3Si. The molecule has 1 aromatic rings. The molecule has 1 aliphatic rings. The van der Waals surface area contributed by atoms with E-state index in [1.165, 1.54) is 5.19 Å². The van der Waals surface area contributed by atoms with Gasteiger partial charge >= 0.3 is 0 Å². The summed E-state index contributed by atoms with van der Waals surface area (Å²) in [6.45, 7) is 9.51. The zero-order valence-corrected chi connectivity index (χ0v) is 15.3. The number of carbonyl (C=O) groups is 1. The van der Waals surface area contributed by atoms with E-state index in [1.54, 1.807) is 7.11 Å². The van der Waals surface area contributed by atoms with Gasteiger partial charge < -0.3 is 14.3 Å². The molecule has 0 radical (unpaired) electrons. The molecule has 3 nitrogen and oxygen atoms in total. The van der Waals surface area contributed by atoms with Crippen LogP contribution in [0.25, 0.3) is 0 Å². The lowest BCUT2D eigenvalue weighted by molar-refractivity contribution is -0.113. The van der Waals surface area contributed by atoms with Crippen molar-refractivity contribution in [2.24, 2.45) is 11.8 Å². The minimum absolute atomic E-state index is 0.00172. The standard InChI is InChI=1S/C18H28O3Si/c1-13(2)17-15(11-19)18(16(21-17)12-20-3)22(4,5)14-9-7-6-8-10-14/h6-11,13,15-18H,12H2,1-5H3/t15-,16+,17+,18+/m1/s1. The number of methoxy groups -OCH3 is 1. The maximum atomic E-state index is 11.9. The Morgan fingerprint density at radius 3 is 2.41 bits per heavy atom. The summed E-state index contributed by atoms with van der Waals surface area (Å²) in [5.41, 5.74) is 0.250. The number of aldehydes is 1. The Balaban J connectivity index is 2.40. The molecular weight excluding hydrogens is 292 g/mol. The molecule has 0 bridgehead atoms. The van der Waals surface area contributed by atoms with Crippen LogP contribution in [0.2, 0.25) is 18.6 Å². The van der Waals surface area contributed by atoms with Gasteiger partial charge in [-0.3, -0.25) is 0 Å². The van der Waals surface area contributed by atoms with Crippen LogP contribution >= 0.6 is 0 Å². The SMILES string of the molecule is COC[C@@H]1O[C@@H](C(C)C)[C@@H](C=O)[C@@H]1[Si](C)(C)c1ccccc1. The van der Waals surface area contributed by atoms with E-state index >= 15 is 0 Å². The minimum atomic E-state index is -1.85. The third-order valence-electron chi connectivity index (χ3n) is 5.02. The van der Waals surface area contributed by atoms with E-state index in [0.29, 0.717) is 12.5 Å². The molecule has 0 aliphatic carbocycles. The van der Waals surface area contributed by atoms with Gasteiger partial charge in [0, 0.05) is 13.0 Å². The number of hydrogen-bond donors (Lipinski definition) is 0. The van der Waals surface area contributed by atoms with Crippen molar-refractivity contribution in [1.82, 2.24) is 0 Å². The molecule has 1 saturated heterocycles. The molecule has 122 valence electrons. The molecule has 0 aromatic heterocycles. The molecule has 1 aromatic carbocycles. The van der Waals surface area contributed by atoms with E-state index in [2.05, 4.69) is 51.2 Å². The highest BCUT2D eigenvalue weighted by molar-refractivity contribution is 6.91. The Morgan fingerprint density at radius 1 is 1.27 bits per heavy atom. The topological polar surface area (TPSA) is 35.5 Å². The fourth-order valence-corrected chi connectivity index (χ4v) is 7.68. The monoisotopic (exact) mass is 320 g/mol. The van der Waals surface area contributed by atoms with Crippen molar-refractivity contribution in [1.29, 1.82) is 0 Å². The Kier molecular flexibility index (Phi) is 5.58. The van der Waals surface area contributed by atoms with E-state index in [1.807, 2.05) is 6.07 Å². The van der Waals surface area contributed by atoms with Gasteiger partial charge in [0.05, 0.1) is 26.9 Å². The predicted octanol–water partition coefficient (Wildman–Crippen LogP) is 2.86. The van der Waals surface area contributed by atoms with Crippen LogP contribution in [0.5, 0.6) is 0 Å². The summed E-state index contributed by atoms with van der Waals surface area (Å²) >= 11 is 0. The highest BCUT2D eigenvalue weighted by Crippen LogP contribution is 2.45. The summed E-state index contributed by atoms with van der Waals surface area (Å²) in [7, 11) is -0.150. The first-order valence-corrected chi connectivity index (χ1v) is 11.2. The zero-order valence-electron chi connectivity index (χ0n) is 14.3. The summed E-state index contributed by atoms with van der Waals surface area (Å²) < 4.78 is 11.7. The third-order valence-corrected chi connectivity index (χ3v) is 9.27. The Hall–Kier alpha value is -0.973. The number of hydrogen-bond acceptors (Lipinski definition) is 3. The average molecular weight is 321 g/mol. The van der Waals surface area contributed by atoms with Crippen molar-refractivity contribution >= 4 is 19.5 Å². The highest BCUT2D eigenvalue weighted by Gasteiger charge is 2.53. The maximum absolute atomic E-state index is 11.9. The first kappa shape index (κ1) is 17.4. The van der Waals surface area contributed by atoms with Gasteiger partial charge in [-0.25, -0.2) is 0 Å². The fraction of sp³-hybridized carbons (Fsp3) is 0.611. The van der Waals surface area contributed by atoms with E-state index in [9.17, 15) is 4.79 Å². The first-order valence-electron chi connectivity index (χ1n) is 8.08. The highest BCUT2D eigenvalue weighted by atomic mass is 28.3. The molecule has 4 atom stereocenters. The van der Waals surface area contributed by atoms with Crippen LogP contribution in [0.4, 0.5) is 0 Å². The molecule has 0 spiro atoms. The van der Waals surface area contributed by atoms with Gasteiger partial charge in [0.1, 0.15) is 6.29 Å². The van der Waals surface area contributed by atoms with Crippen LogP contribution in [0.3, 0.4) is 0 Å². The lowest BCUT2D eigenvalue weighted by Crippen LogP contribution is -2.51. The number of ether oxygens (including phenoxy) is 2. The van der Waals surface area contributed by atoms with Crippen LogP contribution in [0.15, 0.2) is 30.3 Å². The van der Waals surface area contributed by atoms with Crippen molar-refractivity contribution in [3.05, 3.63) is 30.3 Å². The van der Waals surface area contributed by atoms with Gasteiger partial charge in [-0.15, -0.1) is 0 Å². The Bertz CT molecular complexity index is 486. The van der Waals surface area contributed by atoms with Crippen molar-refractivity contribution in [2.45, 2.75) is 44.7 Å². The zero-order chi connectivity index (χ0) is 16.3. The first-order chi connectivity index (χ1) is 10.4. The van der Waals surface area contributed by atoms with Gasteiger partial charge in [0.15, 0.2) is 0 Å². The molecule has 0 N–H and O–H groups in total. The molecule has 2 rings (SSSR count). The maximum Gasteiger partial charge on any atom is 0.125 e. The van der Waals surface area contributed by atoms with E-state index in [4.69, 9.17) is 9.47 Å². The summed E-state index contributed by atoms with van der Waals surface area (Å²) in [6, 6.07) is 10.6. The lowest BCUT2D eigenvalue weighted by atomic mass is 9.93. The number of rotatable bonds is 6. The predicted molar refractivity (Wildman–Crippen MR) is 92.2 cm³/mol. The van der Waals surface area contributed by atoms with Crippen LogP contribution in [0, 0.1) is 11.8 Å². The van der Waals surface area contributed by atoms with Crippen LogP contribution < -0.4 is 5.19 Å². The molecule has 0 saturated carbocycles. The van der Waals surface area contributed by atoms with Crippen LogP contribution in [0.1, 0.15) is 13.8 Å². The smallest absolute Gasteiger partial charge is 0.125 e. The molecule has 1 heterocycles. The Labute approximate surface area is 135 Å². The van der Waals surface area contributed by atoms with Gasteiger partial charge in [0.25, 0.3) is 0 Å². The molecule has 0 unspecified atom stereocenters. The second kappa shape index (κ2) is 7.07. The van der Waals surface area contributed by atoms with Gasteiger partial charge in [0.2, 0.25) is 0 Å². The normalized spacial score (nSPS) is 29.0. The van der Waals surface area contributed by atoms with E-state index in [0.717, 1.165) is 6.29 Å². The second-order valence-corrected chi connectivity index (χ2v) is 11.9. The number of carbonyl (C=O) groups excluding carboxylic acids is 1. The second-order valence-electron chi connectivity index (χ2n) is 7.17. The van der Waals surface area contributed by atoms with Crippen molar-refractivity contribution in [3.63, 3.8) is 0 Å². The largest absolute Gasteiger partial charge is 0.382 e. The number of benzene rings is 1. The van der Waals surface area contributed by atoms with Gasteiger partial charge in [-0.1, -0.05) is 62.5 Å². The quantitative estimate of drug-likeness (QED) is 0.597. The summed E-state index contributed by atoms with van der Waals surface area (Å²) in [5.74, 6) is 0.294. The van der Waals surface area contributed by atoms with Crippen molar-refractivity contribution in [3.8, 4) is 0 Å². The molecule has 1 aliphatic heterocycles. The van der Waals surface area contributed by atoms with Crippen molar-refractivity contribution < 1.29 is 14.3 Å². The fourth-order valence-electron chi connectivity index (χ4n) is 3.91. The molecule has 1 fully saturated rings. The molecule has 4 heteroatoms. The summed E-state index contributed by atoms with van der Waals surface area (Å²) in [4.78, 5) is 11.9. The molecule has 22 heavy (non-hydrogen) atoms. The third kappa shape index (κ3) is 3.19. The van der Waals surface area contributed by atoms with Gasteiger partial charge in [-0.05, 0) is 11.5 Å². The van der Waals surface area contributed by atoms with Crippen LogP contribution in [-0.4, -0.2) is 40.3 Å². The minimum Gasteiger partial charge on any atom is -0.382 e. The van der Waals surface area contributed by atoms with E-state index in [-0.39, 0.29) is 23.7 Å². The Morgan fingerprint density at radius 2 is 1.91 bits per heavy atom. The van der Waals surface area contributed by atoms with Crippen molar-refractivity contribution in [2.75, 3.05) is 13.7 Å².